The zero-order valence-electron chi connectivity index (χ0n) is 10.3. The number of likely N-dealkylation sites (tertiary alicyclic amines) is 1. The molecule has 1 aromatic rings. The van der Waals surface area contributed by atoms with Crippen LogP contribution < -0.4 is 0 Å². The fourth-order valence-corrected chi connectivity index (χ4v) is 2.83. The molecule has 0 amide bonds. The number of hydrogen-bond acceptors (Lipinski definition) is 4. The van der Waals surface area contributed by atoms with Crippen LogP contribution in [0, 0.1) is 0 Å². The molecule has 4 nitrogen and oxygen atoms in total. The number of aromatic nitrogens is 1. The second-order valence-electron chi connectivity index (χ2n) is 4.87. The number of nitrogens with zero attached hydrogens (tertiary/aromatic N) is 2. The topological polar surface area (TPSA) is 34.6 Å². The number of piperidine rings is 1. The van der Waals surface area contributed by atoms with Crippen molar-refractivity contribution >= 4 is 11.6 Å². The van der Waals surface area contributed by atoms with Gasteiger partial charge in [-0.15, -0.1) is 0 Å². The summed E-state index contributed by atoms with van der Waals surface area (Å²) >= 11 is 5.89. The smallest absolute Gasteiger partial charge is 0.170 e. The second-order valence-corrected chi connectivity index (χ2v) is 5.26. The van der Waals surface area contributed by atoms with Gasteiger partial charge >= 0.3 is 0 Å². The molecule has 0 bridgehead atoms. The monoisotopic (exact) mass is 268 g/mol. The van der Waals surface area contributed by atoms with Crippen LogP contribution in [0.4, 0.5) is 0 Å². The molecule has 5 heteroatoms. The van der Waals surface area contributed by atoms with Crippen LogP contribution in [-0.4, -0.2) is 42.0 Å². The third-order valence-corrected chi connectivity index (χ3v) is 3.84. The molecule has 18 heavy (non-hydrogen) atoms. The molecule has 1 spiro atoms. The van der Waals surface area contributed by atoms with Crippen LogP contribution >= 0.6 is 11.6 Å². The van der Waals surface area contributed by atoms with Crippen LogP contribution in [0.2, 0.25) is 5.15 Å². The minimum absolute atomic E-state index is 0.285. The number of halogens is 1. The minimum atomic E-state index is -0.285. The Labute approximate surface area is 112 Å². The van der Waals surface area contributed by atoms with E-state index in [0.717, 1.165) is 45.7 Å². The quantitative estimate of drug-likeness (QED) is 0.769. The standard InChI is InChI=1S/C13H17ClN2O2/c14-12-9-11(1-4-15-12)10-16-5-2-13(3-6-16)17-7-8-18-13/h1,4,9H,2-3,5-8,10H2. The van der Waals surface area contributed by atoms with Crippen LogP contribution in [0.15, 0.2) is 18.3 Å². The van der Waals surface area contributed by atoms with Gasteiger partial charge < -0.3 is 9.47 Å². The lowest BCUT2D eigenvalue weighted by Crippen LogP contribution is -2.44. The van der Waals surface area contributed by atoms with Gasteiger partial charge in [-0.3, -0.25) is 4.90 Å². The summed E-state index contributed by atoms with van der Waals surface area (Å²) < 4.78 is 11.4. The third-order valence-electron chi connectivity index (χ3n) is 3.63. The van der Waals surface area contributed by atoms with Gasteiger partial charge in [0.25, 0.3) is 0 Å². The molecule has 0 atom stereocenters. The van der Waals surface area contributed by atoms with Crippen LogP contribution in [-0.2, 0) is 16.0 Å². The third kappa shape index (κ3) is 2.67. The Morgan fingerprint density at radius 1 is 1.28 bits per heavy atom. The SMILES string of the molecule is Clc1cc(CN2CCC3(CC2)OCCO3)ccn1. The van der Waals surface area contributed by atoms with Crippen LogP contribution in [0.5, 0.6) is 0 Å². The molecule has 98 valence electrons. The van der Waals surface area contributed by atoms with Gasteiger partial charge in [-0.2, -0.15) is 0 Å². The summed E-state index contributed by atoms with van der Waals surface area (Å²) in [5.74, 6) is -0.285. The molecule has 0 N–H and O–H groups in total. The first-order valence-electron chi connectivity index (χ1n) is 6.37. The van der Waals surface area contributed by atoms with Crippen molar-refractivity contribution in [2.45, 2.75) is 25.2 Å². The first-order valence-corrected chi connectivity index (χ1v) is 6.74. The van der Waals surface area contributed by atoms with E-state index in [4.69, 9.17) is 21.1 Å². The van der Waals surface area contributed by atoms with Crippen molar-refractivity contribution in [2.24, 2.45) is 0 Å². The van der Waals surface area contributed by atoms with E-state index in [-0.39, 0.29) is 5.79 Å². The van der Waals surface area contributed by atoms with Gasteiger partial charge in [-0.25, -0.2) is 4.98 Å². The summed E-state index contributed by atoms with van der Waals surface area (Å²) in [5, 5.41) is 0.559. The number of rotatable bonds is 2. The van der Waals surface area contributed by atoms with Crippen LogP contribution in [0.3, 0.4) is 0 Å². The highest BCUT2D eigenvalue weighted by Crippen LogP contribution is 2.31. The fourth-order valence-electron chi connectivity index (χ4n) is 2.64. The molecule has 0 aromatic carbocycles. The predicted octanol–water partition coefficient (Wildman–Crippen LogP) is 2.07. The summed E-state index contributed by atoms with van der Waals surface area (Å²) in [6.07, 6.45) is 3.66. The molecule has 2 aliphatic heterocycles. The van der Waals surface area contributed by atoms with E-state index >= 15 is 0 Å². The molecule has 2 saturated heterocycles. The fraction of sp³-hybridized carbons (Fsp3) is 0.615. The average Bonchev–Trinajstić information content (AvgIpc) is 2.81. The molecule has 3 heterocycles. The molecule has 0 aliphatic carbocycles. The number of ether oxygens (including phenoxy) is 2. The lowest BCUT2D eigenvalue weighted by Gasteiger charge is -2.37. The van der Waals surface area contributed by atoms with Crippen molar-refractivity contribution in [1.82, 2.24) is 9.88 Å². The van der Waals surface area contributed by atoms with Crippen molar-refractivity contribution in [2.75, 3.05) is 26.3 Å². The maximum absolute atomic E-state index is 5.89. The average molecular weight is 269 g/mol. The molecule has 3 rings (SSSR count). The van der Waals surface area contributed by atoms with Crippen molar-refractivity contribution < 1.29 is 9.47 Å². The van der Waals surface area contributed by atoms with Gasteiger partial charge in [0.1, 0.15) is 5.15 Å². The number of pyridine rings is 1. The lowest BCUT2D eigenvalue weighted by atomic mass is 10.0. The lowest BCUT2D eigenvalue weighted by molar-refractivity contribution is -0.185. The summed E-state index contributed by atoms with van der Waals surface area (Å²) in [7, 11) is 0. The molecule has 0 radical (unpaired) electrons. The van der Waals surface area contributed by atoms with E-state index in [2.05, 4.69) is 9.88 Å². The summed E-state index contributed by atoms with van der Waals surface area (Å²) in [6.45, 7) is 4.39. The van der Waals surface area contributed by atoms with E-state index in [0.29, 0.717) is 5.15 Å². The van der Waals surface area contributed by atoms with Gasteiger partial charge in [0.2, 0.25) is 0 Å². The largest absolute Gasteiger partial charge is 0.347 e. The Morgan fingerprint density at radius 2 is 2.00 bits per heavy atom. The maximum atomic E-state index is 5.89. The van der Waals surface area contributed by atoms with Gasteiger partial charge in [-0.05, 0) is 17.7 Å². The van der Waals surface area contributed by atoms with Crippen molar-refractivity contribution in [3.05, 3.63) is 29.0 Å². The zero-order chi connectivity index (χ0) is 12.4. The summed E-state index contributed by atoms with van der Waals surface area (Å²) in [4.78, 5) is 6.40. The van der Waals surface area contributed by atoms with Gasteiger partial charge in [-0.1, -0.05) is 11.6 Å². The van der Waals surface area contributed by atoms with Gasteiger partial charge in [0.15, 0.2) is 5.79 Å². The van der Waals surface area contributed by atoms with E-state index < -0.39 is 0 Å². The Bertz CT molecular complexity index is 411. The summed E-state index contributed by atoms with van der Waals surface area (Å²) in [6, 6.07) is 3.94. The number of hydrogen-bond donors (Lipinski definition) is 0. The molecule has 1 aromatic heterocycles. The normalized spacial score (nSPS) is 23.6. The highest BCUT2D eigenvalue weighted by Gasteiger charge is 2.39. The summed E-state index contributed by atoms with van der Waals surface area (Å²) in [5.41, 5.74) is 1.21. The molecular formula is C13H17ClN2O2. The van der Waals surface area contributed by atoms with E-state index in [1.54, 1.807) is 6.20 Å². The highest BCUT2D eigenvalue weighted by atomic mass is 35.5. The highest BCUT2D eigenvalue weighted by molar-refractivity contribution is 6.29. The Balaban J connectivity index is 1.57. The van der Waals surface area contributed by atoms with E-state index in [9.17, 15) is 0 Å². The zero-order valence-corrected chi connectivity index (χ0v) is 11.0. The second kappa shape index (κ2) is 5.13. The molecular weight excluding hydrogens is 252 g/mol. The molecule has 0 saturated carbocycles. The van der Waals surface area contributed by atoms with E-state index in [1.165, 1.54) is 5.56 Å². The molecule has 2 aliphatic rings. The van der Waals surface area contributed by atoms with Crippen LogP contribution in [0.25, 0.3) is 0 Å². The van der Waals surface area contributed by atoms with E-state index in [1.807, 2.05) is 12.1 Å². The first-order chi connectivity index (χ1) is 8.76. The molecule has 0 unspecified atom stereocenters. The Hall–Kier alpha value is -0.680. The predicted molar refractivity (Wildman–Crippen MR) is 68.4 cm³/mol. The minimum Gasteiger partial charge on any atom is -0.347 e. The maximum Gasteiger partial charge on any atom is 0.170 e. The first kappa shape index (κ1) is 12.4. The van der Waals surface area contributed by atoms with Crippen molar-refractivity contribution in [3.8, 4) is 0 Å². The van der Waals surface area contributed by atoms with Gasteiger partial charge in [0.05, 0.1) is 13.2 Å². The van der Waals surface area contributed by atoms with Gasteiger partial charge in [0, 0.05) is 38.7 Å². The molecule has 2 fully saturated rings. The van der Waals surface area contributed by atoms with Crippen molar-refractivity contribution in [1.29, 1.82) is 0 Å². The Morgan fingerprint density at radius 3 is 2.67 bits per heavy atom. The van der Waals surface area contributed by atoms with Crippen molar-refractivity contribution in [3.63, 3.8) is 0 Å². The van der Waals surface area contributed by atoms with Crippen LogP contribution in [0.1, 0.15) is 18.4 Å². The Kier molecular flexibility index (Phi) is 3.52.